The molecule has 0 saturated heterocycles. The van der Waals surface area contributed by atoms with E-state index in [2.05, 4.69) is 35.1 Å². The van der Waals surface area contributed by atoms with Gasteiger partial charge >= 0.3 is 0 Å². The molecule has 1 atom stereocenters. The summed E-state index contributed by atoms with van der Waals surface area (Å²) in [5, 5.41) is 15.0. The number of rotatable bonds is 12. The number of aliphatic hydroxyl groups is 1. The quantitative estimate of drug-likeness (QED) is 0.583. The Labute approximate surface area is 163 Å². The summed E-state index contributed by atoms with van der Waals surface area (Å²) in [6.07, 6.45) is 4.28. The number of benzene rings is 1. The Balaban J connectivity index is 2.04. The maximum Gasteiger partial charge on any atom is 0.121 e. The first-order valence-corrected chi connectivity index (χ1v) is 10.2. The van der Waals surface area contributed by atoms with E-state index >= 15 is 0 Å². The molecule has 5 nitrogen and oxygen atoms in total. The Morgan fingerprint density at radius 3 is 2.48 bits per heavy atom. The zero-order valence-electron chi connectivity index (χ0n) is 17.3. The fraction of sp³-hybridized carbons (Fsp3) is 0.591. The number of pyridine rings is 1. The molecule has 0 fully saturated rings. The van der Waals surface area contributed by atoms with Gasteiger partial charge in [-0.3, -0.25) is 4.98 Å². The Morgan fingerprint density at radius 2 is 1.85 bits per heavy atom. The summed E-state index contributed by atoms with van der Waals surface area (Å²) < 4.78 is 5.41. The second-order valence-corrected chi connectivity index (χ2v) is 7.24. The first-order valence-electron chi connectivity index (χ1n) is 10.2. The molecule has 2 N–H and O–H groups in total. The maximum atomic E-state index is 10.6. The van der Waals surface area contributed by atoms with Crippen molar-refractivity contribution < 1.29 is 9.84 Å². The van der Waals surface area contributed by atoms with Gasteiger partial charge in [0.25, 0.3) is 0 Å². The molecule has 150 valence electrons. The van der Waals surface area contributed by atoms with Gasteiger partial charge in [0.2, 0.25) is 0 Å². The van der Waals surface area contributed by atoms with E-state index in [9.17, 15) is 5.11 Å². The summed E-state index contributed by atoms with van der Waals surface area (Å²) >= 11 is 0. The van der Waals surface area contributed by atoms with Crippen molar-refractivity contribution in [2.75, 3.05) is 38.6 Å². The van der Waals surface area contributed by atoms with Crippen molar-refractivity contribution in [2.45, 2.75) is 52.6 Å². The van der Waals surface area contributed by atoms with Gasteiger partial charge in [0.1, 0.15) is 5.75 Å². The molecule has 0 spiro atoms. The fourth-order valence-corrected chi connectivity index (χ4v) is 3.21. The Morgan fingerprint density at radius 1 is 1.15 bits per heavy atom. The van der Waals surface area contributed by atoms with Crippen LogP contribution in [-0.4, -0.2) is 54.4 Å². The molecule has 0 aliphatic rings. The van der Waals surface area contributed by atoms with Gasteiger partial charge in [-0.05, 0) is 45.0 Å². The van der Waals surface area contributed by atoms with E-state index in [1.54, 1.807) is 7.11 Å². The summed E-state index contributed by atoms with van der Waals surface area (Å²) in [5.74, 6) is 0.790. The highest BCUT2D eigenvalue weighted by molar-refractivity contribution is 5.92. The van der Waals surface area contributed by atoms with Crippen molar-refractivity contribution in [3.05, 3.63) is 30.0 Å². The minimum Gasteiger partial charge on any atom is -0.497 e. The number of unbranched alkanes of at least 4 members (excludes halogenated alkanes) is 2. The number of fused-ring (bicyclic) bond motifs is 1. The SMILES string of the molecule is CCCCN(CCCC)CC(O)CNc1cc(OC)cc2ccc(C)nc12. The second kappa shape index (κ2) is 11.1. The van der Waals surface area contributed by atoms with Crippen LogP contribution in [0, 0.1) is 6.92 Å². The molecule has 0 bridgehead atoms. The zero-order chi connectivity index (χ0) is 19.6. The summed E-state index contributed by atoms with van der Waals surface area (Å²) in [4.78, 5) is 7.04. The highest BCUT2D eigenvalue weighted by atomic mass is 16.5. The van der Waals surface area contributed by atoms with E-state index in [1.807, 2.05) is 25.1 Å². The molecule has 2 aromatic rings. The predicted molar refractivity (Wildman–Crippen MR) is 114 cm³/mol. The van der Waals surface area contributed by atoms with E-state index in [4.69, 9.17) is 4.74 Å². The number of hydrogen-bond acceptors (Lipinski definition) is 5. The van der Waals surface area contributed by atoms with Gasteiger partial charge in [-0.25, -0.2) is 0 Å². The number of hydrogen-bond donors (Lipinski definition) is 2. The highest BCUT2D eigenvalue weighted by Gasteiger charge is 2.13. The molecule has 0 aliphatic carbocycles. The van der Waals surface area contributed by atoms with E-state index in [1.165, 1.54) is 25.7 Å². The third-order valence-corrected chi connectivity index (χ3v) is 4.79. The van der Waals surface area contributed by atoms with Crippen LogP contribution in [0.3, 0.4) is 0 Å². The zero-order valence-corrected chi connectivity index (χ0v) is 17.3. The van der Waals surface area contributed by atoms with E-state index in [0.29, 0.717) is 13.1 Å². The lowest BCUT2D eigenvalue weighted by atomic mass is 10.1. The van der Waals surface area contributed by atoms with Gasteiger partial charge in [-0.1, -0.05) is 32.8 Å². The summed E-state index contributed by atoms with van der Waals surface area (Å²) in [6.45, 7) is 9.69. The van der Waals surface area contributed by atoms with Gasteiger partial charge in [0, 0.05) is 30.2 Å². The van der Waals surface area contributed by atoms with Crippen molar-refractivity contribution in [1.82, 2.24) is 9.88 Å². The van der Waals surface area contributed by atoms with Crippen LogP contribution < -0.4 is 10.1 Å². The number of anilines is 1. The van der Waals surface area contributed by atoms with Crippen LogP contribution in [0.15, 0.2) is 24.3 Å². The number of aliphatic hydroxyl groups excluding tert-OH is 1. The summed E-state index contributed by atoms with van der Waals surface area (Å²) in [6, 6.07) is 7.99. The van der Waals surface area contributed by atoms with Crippen LogP contribution in [0.5, 0.6) is 5.75 Å². The molecule has 0 amide bonds. The largest absolute Gasteiger partial charge is 0.497 e. The van der Waals surface area contributed by atoms with Gasteiger partial charge in [0.15, 0.2) is 0 Å². The molecule has 1 aromatic heterocycles. The molecule has 1 unspecified atom stereocenters. The minimum absolute atomic E-state index is 0.426. The molecular weight excluding hydrogens is 338 g/mol. The fourth-order valence-electron chi connectivity index (χ4n) is 3.21. The third kappa shape index (κ3) is 6.67. The van der Waals surface area contributed by atoms with E-state index < -0.39 is 6.10 Å². The molecule has 0 aliphatic heterocycles. The lowest BCUT2D eigenvalue weighted by Gasteiger charge is -2.25. The number of aromatic nitrogens is 1. The molecule has 0 saturated carbocycles. The van der Waals surface area contributed by atoms with Crippen molar-refractivity contribution >= 4 is 16.6 Å². The summed E-state index contributed by atoms with van der Waals surface area (Å²) in [7, 11) is 1.67. The number of nitrogens with zero attached hydrogens (tertiary/aromatic N) is 2. The molecular formula is C22H35N3O2. The van der Waals surface area contributed by atoms with Gasteiger partial charge in [-0.2, -0.15) is 0 Å². The number of aryl methyl sites for hydroxylation is 1. The second-order valence-electron chi connectivity index (χ2n) is 7.24. The Kier molecular flexibility index (Phi) is 8.82. The maximum absolute atomic E-state index is 10.6. The number of ether oxygens (including phenoxy) is 1. The molecule has 5 heteroatoms. The average Bonchev–Trinajstić information content (AvgIpc) is 2.68. The van der Waals surface area contributed by atoms with Crippen molar-refractivity contribution in [1.29, 1.82) is 0 Å². The normalized spacial score (nSPS) is 12.5. The third-order valence-electron chi connectivity index (χ3n) is 4.79. The Hall–Kier alpha value is -1.85. The lowest BCUT2D eigenvalue weighted by Crippen LogP contribution is -2.37. The first-order chi connectivity index (χ1) is 13.1. The number of methoxy groups -OCH3 is 1. The molecule has 1 heterocycles. The smallest absolute Gasteiger partial charge is 0.121 e. The van der Waals surface area contributed by atoms with Crippen LogP contribution in [-0.2, 0) is 0 Å². The average molecular weight is 374 g/mol. The van der Waals surface area contributed by atoms with Crippen molar-refractivity contribution in [3.63, 3.8) is 0 Å². The topological polar surface area (TPSA) is 57.6 Å². The predicted octanol–water partition coefficient (Wildman–Crippen LogP) is 4.23. The first kappa shape index (κ1) is 21.5. The van der Waals surface area contributed by atoms with Crippen LogP contribution in [0.4, 0.5) is 5.69 Å². The monoisotopic (exact) mass is 373 g/mol. The molecule has 27 heavy (non-hydrogen) atoms. The van der Waals surface area contributed by atoms with Crippen molar-refractivity contribution in [3.8, 4) is 5.75 Å². The highest BCUT2D eigenvalue weighted by Crippen LogP contribution is 2.28. The number of nitrogens with one attached hydrogen (secondary N) is 1. The standard InChI is InChI=1S/C22H35N3O2/c1-5-7-11-25(12-8-6-2)16-19(26)15-23-21-14-20(27-4)13-18-10-9-17(3)24-22(18)21/h9-10,13-14,19,23,26H,5-8,11-12,15-16H2,1-4H3. The summed E-state index contributed by atoms with van der Waals surface area (Å²) in [5.41, 5.74) is 2.79. The van der Waals surface area contributed by atoms with E-state index in [0.717, 1.165) is 41.1 Å². The minimum atomic E-state index is -0.426. The van der Waals surface area contributed by atoms with Gasteiger partial charge in [0.05, 0.1) is 24.4 Å². The van der Waals surface area contributed by atoms with Crippen molar-refractivity contribution in [2.24, 2.45) is 0 Å². The van der Waals surface area contributed by atoms with Gasteiger partial charge in [-0.15, -0.1) is 0 Å². The van der Waals surface area contributed by atoms with Crippen LogP contribution in [0.2, 0.25) is 0 Å². The van der Waals surface area contributed by atoms with Crippen LogP contribution in [0.25, 0.3) is 10.9 Å². The Bertz CT molecular complexity index is 697. The van der Waals surface area contributed by atoms with Crippen LogP contribution in [0.1, 0.15) is 45.2 Å². The molecule has 0 radical (unpaired) electrons. The lowest BCUT2D eigenvalue weighted by molar-refractivity contribution is 0.120. The molecule has 2 rings (SSSR count). The van der Waals surface area contributed by atoms with Crippen LogP contribution >= 0.6 is 0 Å². The molecule has 1 aromatic carbocycles. The van der Waals surface area contributed by atoms with Gasteiger partial charge < -0.3 is 20.1 Å². The van der Waals surface area contributed by atoms with E-state index in [-0.39, 0.29) is 0 Å².